The van der Waals surface area contributed by atoms with Crippen molar-refractivity contribution in [3.63, 3.8) is 0 Å². The molecule has 0 fully saturated rings. The molecule has 0 aliphatic carbocycles. The second-order valence-corrected chi connectivity index (χ2v) is 5.18. The average Bonchev–Trinajstić information content (AvgIpc) is 2.16. The van der Waals surface area contributed by atoms with Crippen LogP contribution in [0.2, 0.25) is 0 Å². The maximum Gasteiger partial charge on any atom is 0.253 e. The van der Waals surface area contributed by atoms with E-state index in [1.165, 1.54) is 0 Å². The van der Waals surface area contributed by atoms with Gasteiger partial charge in [-0.2, -0.15) is 0 Å². The zero-order chi connectivity index (χ0) is 12.1. The predicted octanol–water partition coefficient (Wildman–Crippen LogP) is 0.686. The van der Waals surface area contributed by atoms with Crippen molar-refractivity contribution >= 4 is 22.4 Å². The zero-order valence-corrected chi connectivity index (χ0v) is 10.3. The summed E-state index contributed by atoms with van der Waals surface area (Å²) in [6, 6.07) is 5.29. The minimum Gasteiger partial charge on any atom is -0.398 e. The first-order valence-corrected chi connectivity index (χ1v) is 6.68. The zero-order valence-electron chi connectivity index (χ0n) is 9.45. The number of aryl methyl sites for hydroxylation is 1. The number of carbonyl (C=O) groups excluding carboxylic acids is 1. The molecule has 0 radical (unpaired) electrons. The predicted molar refractivity (Wildman–Crippen MR) is 66.9 cm³/mol. The lowest BCUT2D eigenvalue weighted by molar-refractivity contribution is 0.0957. The second-order valence-electron chi connectivity index (χ2n) is 3.62. The second kappa shape index (κ2) is 5.65. The molecule has 1 unspecified atom stereocenters. The van der Waals surface area contributed by atoms with Gasteiger partial charge in [0.1, 0.15) is 0 Å². The van der Waals surface area contributed by atoms with Gasteiger partial charge in [0.2, 0.25) is 0 Å². The molecule has 1 atom stereocenters. The highest BCUT2D eigenvalue weighted by Gasteiger charge is 2.08. The normalized spacial score (nSPS) is 12.1. The monoisotopic (exact) mass is 240 g/mol. The molecule has 5 heteroatoms. The van der Waals surface area contributed by atoms with Crippen LogP contribution in [0.5, 0.6) is 0 Å². The first-order valence-electron chi connectivity index (χ1n) is 4.95. The molecule has 0 bridgehead atoms. The molecule has 4 nitrogen and oxygen atoms in total. The van der Waals surface area contributed by atoms with Crippen LogP contribution in [0.4, 0.5) is 5.69 Å². The molecule has 0 aliphatic rings. The summed E-state index contributed by atoms with van der Waals surface area (Å²) in [6.45, 7) is 2.31. The van der Waals surface area contributed by atoms with Crippen molar-refractivity contribution in [1.29, 1.82) is 0 Å². The molecule has 0 saturated heterocycles. The van der Waals surface area contributed by atoms with Gasteiger partial charge in [-0.15, -0.1) is 0 Å². The van der Waals surface area contributed by atoms with E-state index in [-0.39, 0.29) is 5.91 Å². The number of nitrogen functional groups attached to an aromatic ring is 1. The number of rotatable bonds is 4. The lowest BCUT2D eigenvalue weighted by atomic mass is 10.1. The molecule has 16 heavy (non-hydrogen) atoms. The fourth-order valence-electron chi connectivity index (χ4n) is 1.29. The van der Waals surface area contributed by atoms with Crippen molar-refractivity contribution in [3.8, 4) is 0 Å². The summed E-state index contributed by atoms with van der Waals surface area (Å²) in [6.07, 6.45) is 1.60. The van der Waals surface area contributed by atoms with Crippen molar-refractivity contribution in [2.75, 3.05) is 24.3 Å². The molecule has 0 saturated carbocycles. The summed E-state index contributed by atoms with van der Waals surface area (Å²) < 4.78 is 10.8. The van der Waals surface area contributed by atoms with Crippen LogP contribution in [0.3, 0.4) is 0 Å². The molecule has 1 aromatic carbocycles. The summed E-state index contributed by atoms with van der Waals surface area (Å²) in [5.74, 6) is 0.236. The van der Waals surface area contributed by atoms with Gasteiger partial charge >= 0.3 is 0 Å². The molecular weight excluding hydrogens is 224 g/mol. The van der Waals surface area contributed by atoms with Crippen molar-refractivity contribution < 1.29 is 9.00 Å². The van der Waals surface area contributed by atoms with E-state index < -0.39 is 10.8 Å². The maximum atomic E-state index is 11.7. The van der Waals surface area contributed by atoms with E-state index in [2.05, 4.69) is 5.32 Å². The van der Waals surface area contributed by atoms with Gasteiger partial charge in [0.25, 0.3) is 5.91 Å². The average molecular weight is 240 g/mol. The van der Waals surface area contributed by atoms with Gasteiger partial charge < -0.3 is 11.1 Å². The third-order valence-corrected chi connectivity index (χ3v) is 2.91. The van der Waals surface area contributed by atoms with Gasteiger partial charge in [0.15, 0.2) is 0 Å². The van der Waals surface area contributed by atoms with E-state index in [1.807, 2.05) is 13.0 Å². The van der Waals surface area contributed by atoms with Crippen LogP contribution in [-0.2, 0) is 10.8 Å². The van der Waals surface area contributed by atoms with Gasteiger partial charge in [0.05, 0.1) is 5.56 Å². The van der Waals surface area contributed by atoms with E-state index in [0.717, 1.165) is 5.56 Å². The number of hydrogen-bond acceptors (Lipinski definition) is 3. The molecule has 3 N–H and O–H groups in total. The summed E-state index contributed by atoms with van der Waals surface area (Å²) in [5.41, 5.74) is 7.68. The summed E-state index contributed by atoms with van der Waals surface area (Å²) in [7, 11) is -0.893. The quantitative estimate of drug-likeness (QED) is 0.760. The number of hydrogen-bond donors (Lipinski definition) is 2. The Labute approximate surface area is 97.7 Å². The first-order chi connectivity index (χ1) is 7.50. The number of nitrogens with one attached hydrogen (secondary N) is 1. The Balaban J connectivity index is 2.63. The Morgan fingerprint density at radius 2 is 2.19 bits per heavy atom. The summed E-state index contributed by atoms with van der Waals surface area (Å²) in [4.78, 5) is 11.7. The SMILES string of the molecule is Cc1ccc(C(=O)NCCS(C)=O)c(N)c1. The lowest BCUT2D eigenvalue weighted by Gasteiger charge is -2.07. The van der Waals surface area contributed by atoms with Crippen molar-refractivity contribution in [1.82, 2.24) is 5.32 Å². The molecule has 0 heterocycles. The number of carbonyl (C=O) groups is 1. The molecule has 1 rings (SSSR count). The Hall–Kier alpha value is -1.36. The third-order valence-electron chi connectivity index (χ3n) is 2.13. The standard InChI is InChI=1S/C11H16N2O2S/c1-8-3-4-9(10(12)7-8)11(14)13-5-6-16(2)15/h3-4,7H,5-6,12H2,1-2H3,(H,13,14). The van der Waals surface area contributed by atoms with Crippen LogP contribution in [-0.4, -0.2) is 28.7 Å². The van der Waals surface area contributed by atoms with Gasteiger partial charge in [0, 0.05) is 35.0 Å². The molecule has 88 valence electrons. The van der Waals surface area contributed by atoms with Crippen molar-refractivity contribution in [2.24, 2.45) is 0 Å². The van der Waals surface area contributed by atoms with E-state index in [1.54, 1.807) is 18.4 Å². The molecule has 1 aromatic rings. The van der Waals surface area contributed by atoms with Gasteiger partial charge in [-0.1, -0.05) is 6.07 Å². The molecule has 0 aliphatic heterocycles. The topological polar surface area (TPSA) is 72.2 Å². The minimum atomic E-state index is -0.893. The van der Waals surface area contributed by atoms with Crippen molar-refractivity contribution in [2.45, 2.75) is 6.92 Å². The number of benzene rings is 1. The van der Waals surface area contributed by atoms with Crippen LogP contribution in [0.25, 0.3) is 0 Å². The third kappa shape index (κ3) is 3.66. The Morgan fingerprint density at radius 3 is 2.75 bits per heavy atom. The van der Waals surface area contributed by atoms with Crippen LogP contribution in [0, 0.1) is 6.92 Å². The first kappa shape index (κ1) is 12.7. The van der Waals surface area contributed by atoms with E-state index in [0.29, 0.717) is 23.5 Å². The fourth-order valence-corrected chi connectivity index (χ4v) is 1.68. The minimum absolute atomic E-state index is 0.219. The smallest absolute Gasteiger partial charge is 0.253 e. The van der Waals surface area contributed by atoms with E-state index in [4.69, 9.17) is 5.73 Å². The largest absolute Gasteiger partial charge is 0.398 e. The molecule has 1 amide bonds. The highest BCUT2D eigenvalue weighted by molar-refractivity contribution is 7.84. The van der Waals surface area contributed by atoms with Gasteiger partial charge in [-0.3, -0.25) is 9.00 Å². The number of anilines is 1. The van der Waals surface area contributed by atoms with E-state index in [9.17, 15) is 9.00 Å². The van der Waals surface area contributed by atoms with Crippen LogP contribution in [0.1, 0.15) is 15.9 Å². The molecule has 0 aromatic heterocycles. The van der Waals surface area contributed by atoms with Gasteiger partial charge in [-0.25, -0.2) is 0 Å². The maximum absolute atomic E-state index is 11.7. The lowest BCUT2D eigenvalue weighted by Crippen LogP contribution is -2.28. The van der Waals surface area contributed by atoms with Crippen LogP contribution >= 0.6 is 0 Å². The Kier molecular flexibility index (Phi) is 4.49. The molecule has 0 spiro atoms. The van der Waals surface area contributed by atoms with Crippen LogP contribution < -0.4 is 11.1 Å². The highest BCUT2D eigenvalue weighted by Crippen LogP contribution is 2.13. The summed E-state index contributed by atoms with van der Waals surface area (Å²) >= 11 is 0. The van der Waals surface area contributed by atoms with Crippen LogP contribution in [0.15, 0.2) is 18.2 Å². The Bertz CT molecular complexity index is 418. The summed E-state index contributed by atoms with van der Waals surface area (Å²) in [5, 5.41) is 2.68. The van der Waals surface area contributed by atoms with Gasteiger partial charge in [-0.05, 0) is 24.6 Å². The van der Waals surface area contributed by atoms with E-state index >= 15 is 0 Å². The highest BCUT2D eigenvalue weighted by atomic mass is 32.2. The van der Waals surface area contributed by atoms with Crippen molar-refractivity contribution in [3.05, 3.63) is 29.3 Å². The molecular formula is C11H16N2O2S. The number of amides is 1. The number of nitrogens with two attached hydrogens (primary N) is 1. The fraction of sp³-hybridized carbons (Fsp3) is 0.364. The Morgan fingerprint density at radius 1 is 1.50 bits per heavy atom.